The average Bonchev–Trinajstić information content (AvgIpc) is 2.15. The van der Waals surface area contributed by atoms with Crippen LogP contribution in [-0.2, 0) is 0 Å². The first kappa shape index (κ1) is 12.7. The lowest BCUT2D eigenvalue weighted by atomic mass is 10.3. The van der Waals surface area contributed by atoms with E-state index in [1.165, 1.54) is 0 Å². The number of benzene rings is 1. The fourth-order valence-corrected chi connectivity index (χ4v) is 1.11. The second-order valence-corrected chi connectivity index (χ2v) is 3.77. The zero-order valence-corrected chi connectivity index (χ0v) is 9.42. The maximum atomic E-state index is 13.1. The highest BCUT2D eigenvalue weighted by Gasteiger charge is 2.18. The molecule has 0 aliphatic heterocycles. The summed E-state index contributed by atoms with van der Waals surface area (Å²) in [4.78, 5) is 14.6. The molecule has 0 radical (unpaired) electrons. The Morgan fingerprint density at radius 3 is 2.69 bits per heavy atom. The predicted octanol–water partition coefficient (Wildman–Crippen LogP) is 2.68. The van der Waals surface area contributed by atoms with Crippen molar-refractivity contribution in [3.63, 3.8) is 0 Å². The molecule has 5 nitrogen and oxygen atoms in total. The normalized spacial score (nSPS) is 10.6. The van der Waals surface area contributed by atoms with Crippen molar-refractivity contribution in [1.82, 2.24) is 5.48 Å². The van der Waals surface area contributed by atoms with Crippen LogP contribution in [0.25, 0.3) is 0 Å². The molecule has 0 spiro atoms. The molecule has 16 heavy (non-hydrogen) atoms. The number of hydroxylamine groups is 1. The van der Waals surface area contributed by atoms with E-state index in [1.807, 2.05) is 13.8 Å². The SMILES string of the molecule is CC(C)NOc1cc([N+](=O)[O-])c(F)cc1Cl. The summed E-state index contributed by atoms with van der Waals surface area (Å²) in [5.41, 5.74) is 1.88. The molecule has 7 heteroatoms. The van der Waals surface area contributed by atoms with E-state index in [0.717, 1.165) is 12.1 Å². The number of halogens is 2. The molecular formula is C9H10ClFN2O3. The Kier molecular flexibility index (Phi) is 4.03. The molecule has 88 valence electrons. The molecule has 0 saturated carbocycles. The van der Waals surface area contributed by atoms with E-state index in [2.05, 4.69) is 5.48 Å². The Balaban J connectivity index is 3.00. The molecule has 0 fully saturated rings. The van der Waals surface area contributed by atoms with E-state index >= 15 is 0 Å². The first-order chi connectivity index (χ1) is 7.41. The largest absolute Gasteiger partial charge is 0.407 e. The van der Waals surface area contributed by atoms with Gasteiger partial charge in [0.15, 0.2) is 5.75 Å². The summed E-state index contributed by atoms with van der Waals surface area (Å²) in [6.07, 6.45) is 0. The molecule has 1 N–H and O–H groups in total. The van der Waals surface area contributed by atoms with Gasteiger partial charge in [-0.05, 0) is 13.8 Å². The zero-order valence-electron chi connectivity index (χ0n) is 8.66. The number of hydrogen-bond acceptors (Lipinski definition) is 4. The number of nitro benzene ring substituents is 1. The van der Waals surface area contributed by atoms with Gasteiger partial charge >= 0.3 is 5.69 Å². The third-order valence-electron chi connectivity index (χ3n) is 1.60. The third-order valence-corrected chi connectivity index (χ3v) is 1.90. The van der Waals surface area contributed by atoms with Crippen molar-refractivity contribution in [2.75, 3.05) is 0 Å². The summed E-state index contributed by atoms with van der Waals surface area (Å²) in [5, 5.41) is 10.4. The summed E-state index contributed by atoms with van der Waals surface area (Å²) in [6.45, 7) is 3.62. The van der Waals surface area contributed by atoms with Gasteiger partial charge in [-0.2, -0.15) is 9.87 Å². The molecule has 0 unspecified atom stereocenters. The molecule has 0 aliphatic carbocycles. The molecule has 0 aromatic heterocycles. The van der Waals surface area contributed by atoms with E-state index in [0.29, 0.717) is 0 Å². The van der Waals surface area contributed by atoms with Crippen LogP contribution < -0.4 is 10.3 Å². The summed E-state index contributed by atoms with van der Waals surface area (Å²) in [7, 11) is 0. The number of nitro groups is 1. The van der Waals surface area contributed by atoms with Crippen LogP contribution in [0.4, 0.5) is 10.1 Å². The van der Waals surface area contributed by atoms with Crippen LogP contribution in [-0.4, -0.2) is 11.0 Å². The third kappa shape index (κ3) is 3.04. The molecule has 0 saturated heterocycles. The summed E-state index contributed by atoms with van der Waals surface area (Å²) in [5.74, 6) is -0.977. The molecular weight excluding hydrogens is 239 g/mol. The van der Waals surface area contributed by atoms with Gasteiger partial charge in [-0.1, -0.05) is 11.6 Å². The number of rotatable bonds is 4. The predicted molar refractivity (Wildman–Crippen MR) is 57.0 cm³/mol. The molecule has 0 aliphatic rings. The van der Waals surface area contributed by atoms with E-state index in [1.54, 1.807) is 0 Å². The second-order valence-electron chi connectivity index (χ2n) is 3.37. The molecule has 0 amide bonds. The van der Waals surface area contributed by atoms with E-state index in [4.69, 9.17) is 16.4 Å². The van der Waals surface area contributed by atoms with Gasteiger partial charge in [-0.25, -0.2) is 0 Å². The van der Waals surface area contributed by atoms with Crippen LogP contribution in [0.1, 0.15) is 13.8 Å². The summed E-state index contributed by atoms with van der Waals surface area (Å²) >= 11 is 5.66. The minimum atomic E-state index is -0.994. The Morgan fingerprint density at radius 1 is 1.56 bits per heavy atom. The maximum Gasteiger partial charge on any atom is 0.308 e. The minimum Gasteiger partial charge on any atom is -0.407 e. The van der Waals surface area contributed by atoms with Gasteiger partial charge in [-0.3, -0.25) is 10.1 Å². The van der Waals surface area contributed by atoms with E-state index in [-0.39, 0.29) is 16.8 Å². The highest BCUT2D eigenvalue weighted by molar-refractivity contribution is 6.32. The van der Waals surface area contributed by atoms with Gasteiger partial charge in [0, 0.05) is 12.1 Å². The number of nitrogens with zero attached hydrogens (tertiary/aromatic N) is 1. The van der Waals surface area contributed by atoms with Crippen LogP contribution in [0.15, 0.2) is 12.1 Å². The van der Waals surface area contributed by atoms with Crippen molar-refractivity contribution >= 4 is 17.3 Å². The lowest BCUT2D eigenvalue weighted by Gasteiger charge is -2.10. The fraction of sp³-hybridized carbons (Fsp3) is 0.333. The van der Waals surface area contributed by atoms with Gasteiger partial charge in [0.25, 0.3) is 0 Å². The lowest BCUT2D eigenvalue weighted by molar-refractivity contribution is -0.387. The van der Waals surface area contributed by atoms with Gasteiger partial charge in [0.1, 0.15) is 0 Å². The summed E-state index contributed by atoms with van der Waals surface area (Å²) in [6, 6.07) is 1.78. The fourth-order valence-electron chi connectivity index (χ4n) is 0.918. The topological polar surface area (TPSA) is 64.4 Å². The van der Waals surface area contributed by atoms with Crippen molar-refractivity contribution in [2.45, 2.75) is 19.9 Å². The quantitative estimate of drug-likeness (QED) is 0.657. The number of hydrogen-bond donors (Lipinski definition) is 1. The van der Waals surface area contributed by atoms with Crippen molar-refractivity contribution < 1.29 is 14.2 Å². The molecule has 0 heterocycles. The molecule has 1 rings (SSSR count). The highest BCUT2D eigenvalue weighted by atomic mass is 35.5. The van der Waals surface area contributed by atoms with Crippen LogP contribution in [0.3, 0.4) is 0 Å². The van der Waals surface area contributed by atoms with Crippen molar-refractivity contribution in [2.24, 2.45) is 0 Å². The second kappa shape index (κ2) is 5.09. The van der Waals surface area contributed by atoms with E-state index in [9.17, 15) is 14.5 Å². The Labute approximate surface area is 96.3 Å². The average molecular weight is 249 g/mol. The van der Waals surface area contributed by atoms with Crippen molar-refractivity contribution in [3.8, 4) is 5.75 Å². The van der Waals surface area contributed by atoms with Crippen LogP contribution in [0.5, 0.6) is 5.75 Å². The molecule has 0 bridgehead atoms. The Morgan fingerprint density at radius 2 is 2.19 bits per heavy atom. The number of nitrogens with one attached hydrogen (secondary N) is 1. The van der Waals surface area contributed by atoms with Gasteiger partial charge in [0.05, 0.1) is 16.0 Å². The minimum absolute atomic E-state index is 0.000163. The lowest BCUT2D eigenvalue weighted by Crippen LogP contribution is -2.26. The van der Waals surface area contributed by atoms with Gasteiger partial charge in [0.2, 0.25) is 5.82 Å². The molecule has 1 aromatic rings. The highest BCUT2D eigenvalue weighted by Crippen LogP contribution is 2.31. The standard InChI is InChI=1S/C9H10ClFN2O3/c1-5(2)12-16-9-4-8(13(14)15)7(11)3-6(9)10/h3-5,12H,1-2H3. The smallest absolute Gasteiger partial charge is 0.308 e. The van der Waals surface area contributed by atoms with Crippen LogP contribution >= 0.6 is 11.6 Å². The van der Waals surface area contributed by atoms with Crippen LogP contribution in [0.2, 0.25) is 5.02 Å². The summed E-state index contributed by atoms with van der Waals surface area (Å²) < 4.78 is 13.1. The Bertz CT molecular complexity index is 412. The van der Waals surface area contributed by atoms with Crippen LogP contribution in [0, 0.1) is 15.9 Å². The Hall–Kier alpha value is -1.40. The monoisotopic (exact) mass is 248 g/mol. The van der Waals surface area contributed by atoms with Crippen molar-refractivity contribution in [3.05, 3.63) is 33.1 Å². The zero-order chi connectivity index (χ0) is 12.3. The molecule has 0 atom stereocenters. The van der Waals surface area contributed by atoms with Crippen molar-refractivity contribution in [1.29, 1.82) is 0 Å². The molecule has 1 aromatic carbocycles. The van der Waals surface area contributed by atoms with Gasteiger partial charge in [-0.15, -0.1) is 0 Å². The van der Waals surface area contributed by atoms with Gasteiger partial charge < -0.3 is 4.84 Å². The first-order valence-corrected chi connectivity index (χ1v) is 4.85. The first-order valence-electron chi connectivity index (χ1n) is 4.47. The maximum absolute atomic E-state index is 13.1. The van der Waals surface area contributed by atoms with E-state index < -0.39 is 16.4 Å².